The van der Waals surface area contributed by atoms with Crippen molar-refractivity contribution in [2.24, 2.45) is 5.41 Å². The van der Waals surface area contributed by atoms with E-state index >= 15 is 0 Å². The molecule has 1 unspecified atom stereocenters. The molecule has 20 heavy (non-hydrogen) atoms. The number of hydrogen-bond acceptors (Lipinski definition) is 3. The summed E-state index contributed by atoms with van der Waals surface area (Å²) in [5, 5.41) is 8.99. The van der Waals surface area contributed by atoms with Crippen molar-refractivity contribution in [3.8, 4) is 6.07 Å². The molecular weight excluding hydrogens is 246 g/mol. The fraction of sp³-hybridized carbons (Fsp3) is 0.588. The van der Waals surface area contributed by atoms with E-state index in [-0.39, 0.29) is 5.41 Å². The molecule has 0 amide bonds. The maximum absolute atomic E-state index is 8.99. The highest BCUT2D eigenvalue weighted by Gasteiger charge is 2.16. The fourth-order valence-electron chi connectivity index (χ4n) is 2.25. The topological polar surface area (TPSA) is 53.0 Å². The minimum Gasteiger partial charge on any atom is -0.399 e. The summed E-state index contributed by atoms with van der Waals surface area (Å²) in [6.45, 7) is 7.25. The van der Waals surface area contributed by atoms with E-state index in [0.29, 0.717) is 6.04 Å². The van der Waals surface area contributed by atoms with Crippen LogP contribution < -0.4 is 5.73 Å². The molecule has 0 bridgehead atoms. The maximum atomic E-state index is 8.99. The van der Waals surface area contributed by atoms with Crippen LogP contribution in [0.2, 0.25) is 0 Å². The van der Waals surface area contributed by atoms with Gasteiger partial charge in [-0.1, -0.05) is 18.6 Å². The lowest BCUT2D eigenvalue weighted by atomic mass is 9.89. The van der Waals surface area contributed by atoms with Crippen molar-refractivity contribution in [3.63, 3.8) is 0 Å². The zero-order valence-corrected chi connectivity index (χ0v) is 13.2. The molecular formula is C17H27N3. The lowest BCUT2D eigenvalue weighted by Gasteiger charge is -2.25. The molecule has 0 spiro atoms. The number of nitrogens with zero attached hydrogens (tertiary/aromatic N) is 2. The maximum Gasteiger partial charge on any atom is 0.0683 e. The first kappa shape index (κ1) is 16.5. The second kappa shape index (κ2) is 7.31. The second-order valence-corrected chi connectivity index (χ2v) is 6.28. The van der Waals surface area contributed by atoms with E-state index < -0.39 is 0 Å². The summed E-state index contributed by atoms with van der Waals surface area (Å²) in [5.41, 5.74) is 7.71. The summed E-state index contributed by atoms with van der Waals surface area (Å²) in [5.74, 6) is 0. The van der Waals surface area contributed by atoms with Crippen molar-refractivity contribution < 1.29 is 0 Å². The molecule has 0 aliphatic carbocycles. The van der Waals surface area contributed by atoms with Crippen molar-refractivity contribution >= 4 is 5.69 Å². The van der Waals surface area contributed by atoms with Crippen LogP contribution in [0.4, 0.5) is 5.69 Å². The standard InChI is InChI=1S/C17H27N3/c1-14(15-8-7-9-16(19)12-15)20(4)11-6-5-10-17(2,3)13-18/h7-9,12,14H,5-6,10-11,19H2,1-4H3. The third-order valence-electron chi connectivity index (χ3n) is 3.92. The Hall–Kier alpha value is -1.53. The van der Waals surface area contributed by atoms with Crippen LogP contribution >= 0.6 is 0 Å². The minimum absolute atomic E-state index is 0.196. The molecule has 0 radical (unpaired) electrons. The van der Waals surface area contributed by atoms with Gasteiger partial charge in [0.2, 0.25) is 0 Å². The van der Waals surface area contributed by atoms with Crippen molar-refractivity contribution in [1.29, 1.82) is 5.26 Å². The second-order valence-electron chi connectivity index (χ2n) is 6.28. The number of rotatable bonds is 7. The first-order valence-corrected chi connectivity index (χ1v) is 7.32. The largest absolute Gasteiger partial charge is 0.399 e. The molecule has 0 heterocycles. The Bertz CT molecular complexity index is 460. The van der Waals surface area contributed by atoms with E-state index in [2.05, 4.69) is 31.0 Å². The number of unbranched alkanes of at least 4 members (excludes halogenated alkanes) is 1. The van der Waals surface area contributed by atoms with Gasteiger partial charge in [-0.15, -0.1) is 0 Å². The predicted molar refractivity (Wildman–Crippen MR) is 85.1 cm³/mol. The van der Waals surface area contributed by atoms with Gasteiger partial charge in [0.15, 0.2) is 0 Å². The number of nitriles is 1. The Balaban J connectivity index is 2.40. The highest BCUT2D eigenvalue weighted by molar-refractivity contribution is 5.41. The SMILES string of the molecule is CC(c1cccc(N)c1)N(C)CCCCC(C)(C)C#N. The van der Waals surface area contributed by atoms with Gasteiger partial charge in [-0.05, 0) is 64.9 Å². The van der Waals surface area contributed by atoms with Gasteiger partial charge in [0, 0.05) is 11.7 Å². The molecule has 1 aromatic rings. The van der Waals surface area contributed by atoms with E-state index in [4.69, 9.17) is 11.0 Å². The Morgan fingerprint density at radius 3 is 2.65 bits per heavy atom. The smallest absolute Gasteiger partial charge is 0.0683 e. The molecule has 0 aliphatic heterocycles. The number of anilines is 1. The molecule has 2 N–H and O–H groups in total. The molecule has 0 fully saturated rings. The molecule has 3 heteroatoms. The predicted octanol–water partition coefficient (Wildman–Crippen LogP) is 3.98. The first-order chi connectivity index (χ1) is 9.35. The van der Waals surface area contributed by atoms with Crippen LogP contribution in [0.3, 0.4) is 0 Å². The van der Waals surface area contributed by atoms with E-state index in [9.17, 15) is 0 Å². The number of hydrogen-bond donors (Lipinski definition) is 1. The Morgan fingerprint density at radius 2 is 2.05 bits per heavy atom. The molecule has 3 nitrogen and oxygen atoms in total. The Labute approximate surface area is 123 Å². The molecule has 0 saturated carbocycles. The van der Waals surface area contributed by atoms with Crippen molar-refractivity contribution in [2.75, 3.05) is 19.3 Å². The summed E-state index contributed by atoms with van der Waals surface area (Å²) in [4.78, 5) is 2.34. The highest BCUT2D eigenvalue weighted by Crippen LogP contribution is 2.24. The van der Waals surface area contributed by atoms with Gasteiger partial charge >= 0.3 is 0 Å². The molecule has 1 rings (SSSR count). The lowest BCUT2D eigenvalue weighted by Crippen LogP contribution is -2.24. The summed E-state index contributed by atoms with van der Waals surface area (Å²) >= 11 is 0. The minimum atomic E-state index is -0.196. The zero-order valence-electron chi connectivity index (χ0n) is 13.2. The van der Waals surface area contributed by atoms with Gasteiger partial charge in [0.25, 0.3) is 0 Å². The Kier molecular flexibility index (Phi) is 6.04. The van der Waals surface area contributed by atoms with Crippen LogP contribution in [-0.4, -0.2) is 18.5 Å². The number of nitrogen functional groups attached to an aromatic ring is 1. The van der Waals surface area contributed by atoms with Gasteiger partial charge < -0.3 is 5.73 Å². The molecule has 0 saturated heterocycles. The van der Waals surface area contributed by atoms with Crippen molar-refractivity contribution in [3.05, 3.63) is 29.8 Å². The molecule has 1 atom stereocenters. The average molecular weight is 273 g/mol. The van der Waals surface area contributed by atoms with Gasteiger partial charge in [0.1, 0.15) is 0 Å². The van der Waals surface area contributed by atoms with Crippen LogP contribution in [-0.2, 0) is 0 Å². The van der Waals surface area contributed by atoms with E-state index in [0.717, 1.165) is 31.5 Å². The van der Waals surface area contributed by atoms with Gasteiger partial charge in [0.05, 0.1) is 11.5 Å². The molecule has 0 aliphatic rings. The van der Waals surface area contributed by atoms with Gasteiger partial charge in [-0.2, -0.15) is 5.26 Å². The highest BCUT2D eigenvalue weighted by atomic mass is 15.1. The van der Waals surface area contributed by atoms with Crippen LogP contribution in [0.25, 0.3) is 0 Å². The summed E-state index contributed by atoms with van der Waals surface area (Å²) in [7, 11) is 2.14. The normalized spacial score (nSPS) is 13.2. The van der Waals surface area contributed by atoms with Crippen LogP contribution in [0.5, 0.6) is 0 Å². The number of nitrogens with two attached hydrogens (primary N) is 1. The first-order valence-electron chi connectivity index (χ1n) is 7.32. The Morgan fingerprint density at radius 1 is 1.35 bits per heavy atom. The van der Waals surface area contributed by atoms with E-state index in [1.54, 1.807) is 0 Å². The molecule has 1 aromatic carbocycles. The van der Waals surface area contributed by atoms with E-state index in [1.165, 1.54) is 5.56 Å². The summed E-state index contributed by atoms with van der Waals surface area (Å²) < 4.78 is 0. The van der Waals surface area contributed by atoms with Crippen LogP contribution in [0.1, 0.15) is 51.6 Å². The van der Waals surface area contributed by atoms with Crippen LogP contribution in [0.15, 0.2) is 24.3 Å². The van der Waals surface area contributed by atoms with Crippen LogP contribution in [0, 0.1) is 16.7 Å². The average Bonchev–Trinajstić information content (AvgIpc) is 2.42. The third kappa shape index (κ3) is 5.22. The van der Waals surface area contributed by atoms with Crippen molar-refractivity contribution in [2.45, 2.75) is 46.1 Å². The monoisotopic (exact) mass is 273 g/mol. The third-order valence-corrected chi connectivity index (χ3v) is 3.92. The van der Waals surface area contributed by atoms with E-state index in [1.807, 2.05) is 32.0 Å². The molecule has 110 valence electrons. The number of benzene rings is 1. The van der Waals surface area contributed by atoms with Crippen molar-refractivity contribution in [1.82, 2.24) is 4.90 Å². The fourth-order valence-corrected chi connectivity index (χ4v) is 2.25. The molecule has 0 aromatic heterocycles. The summed E-state index contributed by atoms with van der Waals surface area (Å²) in [6, 6.07) is 10.8. The van der Waals surface area contributed by atoms with Gasteiger partial charge in [-0.3, -0.25) is 4.90 Å². The summed E-state index contributed by atoms with van der Waals surface area (Å²) in [6.07, 6.45) is 3.17. The quantitative estimate of drug-likeness (QED) is 0.604. The lowest BCUT2D eigenvalue weighted by molar-refractivity contribution is 0.251. The zero-order chi connectivity index (χ0) is 15.2. The van der Waals surface area contributed by atoms with Gasteiger partial charge in [-0.25, -0.2) is 0 Å².